The molecule has 0 unspecified atom stereocenters. The molecule has 0 atom stereocenters. The largest absolute Gasteiger partial charge is 0.408 e. The minimum atomic E-state index is -0.644. The standard InChI is InChI=1S/C10H10N6O4/c1-5-14-15-10(20-5)13-9(17)7-3-6(16(18)19)4-12-8(7)11-2/h3-4H,1-2H3,(H,11,12)(H,13,15,17). The molecule has 0 aliphatic rings. The van der Waals surface area contributed by atoms with E-state index in [4.69, 9.17) is 4.42 Å². The van der Waals surface area contributed by atoms with Crippen molar-refractivity contribution >= 4 is 23.4 Å². The van der Waals surface area contributed by atoms with E-state index in [1.54, 1.807) is 14.0 Å². The third kappa shape index (κ3) is 2.68. The highest BCUT2D eigenvalue weighted by Gasteiger charge is 2.19. The lowest BCUT2D eigenvalue weighted by Crippen LogP contribution is -2.15. The van der Waals surface area contributed by atoms with E-state index in [2.05, 4.69) is 25.8 Å². The van der Waals surface area contributed by atoms with Gasteiger partial charge < -0.3 is 9.73 Å². The second kappa shape index (κ2) is 5.30. The predicted molar refractivity (Wildman–Crippen MR) is 67.4 cm³/mol. The smallest absolute Gasteiger partial charge is 0.322 e. The molecule has 0 aliphatic carbocycles. The van der Waals surface area contributed by atoms with E-state index in [0.29, 0.717) is 0 Å². The highest BCUT2D eigenvalue weighted by Crippen LogP contribution is 2.20. The summed E-state index contributed by atoms with van der Waals surface area (Å²) in [6, 6.07) is 1.01. The van der Waals surface area contributed by atoms with Crippen LogP contribution in [0.1, 0.15) is 16.2 Å². The van der Waals surface area contributed by atoms with Gasteiger partial charge >= 0.3 is 6.01 Å². The van der Waals surface area contributed by atoms with Crippen molar-refractivity contribution in [3.8, 4) is 0 Å². The number of nitrogens with zero attached hydrogens (tertiary/aromatic N) is 4. The number of carbonyl (C=O) groups is 1. The number of anilines is 2. The molecule has 2 rings (SSSR count). The van der Waals surface area contributed by atoms with Gasteiger partial charge in [0, 0.05) is 20.0 Å². The maximum Gasteiger partial charge on any atom is 0.322 e. The topological polar surface area (TPSA) is 136 Å². The van der Waals surface area contributed by atoms with Crippen molar-refractivity contribution in [3.05, 3.63) is 33.8 Å². The molecule has 2 aromatic heterocycles. The zero-order valence-electron chi connectivity index (χ0n) is 10.6. The number of hydrogen-bond acceptors (Lipinski definition) is 8. The molecule has 104 valence electrons. The van der Waals surface area contributed by atoms with E-state index in [1.807, 2.05) is 0 Å². The fourth-order valence-corrected chi connectivity index (χ4v) is 1.44. The Labute approximate surface area is 112 Å². The van der Waals surface area contributed by atoms with Crippen molar-refractivity contribution in [2.75, 3.05) is 17.7 Å². The molecule has 10 nitrogen and oxygen atoms in total. The van der Waals surface area contributed by atoms with Crippen LogP contribution in [-0.2, 0) is 0 Å². The van der Waals surface area contributed by atoms with Gasteiger partial charge in [0.15, 0.2) is 0 Å². The lowest BCUT2D eigenvalue weighted by molar-refractivity contribution is -0.385. The minimum absolute atomic E-state index is 0.00227. The summed E-state index contributed by atoms with van der Waals surface area (Å²) in [5.41, 5.74) is -0.298. The van der Waals surface area contributed by atoms with Gasteiger partial charge in [0.05, 0.1) is 10.5 Å². The van der Waals surface area contributed by atoms with Crippen LogP contribution in [0.2, 0.25) is 0 Å². The fraction of sp³-hybridized carbons (Fsp3) is 0.200. The Morgan fingerprint density at radius 2 is 2.20 bits per heavy atom. The number of amides is 1. The predicted octanol–water partition coefficient (Wildman–Crippen LogP) is 0.975. The zero-order chi connectivity index (χ0) is 14.7. The highest BCUT2D eigenvalue weighted by atomic mass is 16.6. The molecule has 0 bridgehead atoms. The maximum atomic E-state index is 12.0. The summed E-state index contributed by atoms with van der Waals surface area (Å²) in [5.74, 6) is -0.162. The van der Waals surface area contributed by atoms with Crippen molar-refractivity contribution in [1.82, 2.24) is 15.2 Å². The normalized spacial score (nSPS) is 10.1. The van der Waals surface area contributed by atoms with Gasteiger partial charge in [-0.05, 0) is 0 Å². The van der Waals surface area contributed by atoms with Gasteiger partial charge in [0.25, 0.3) is 11.6 Å². The zero-order valence-corrected chi connectivity index (χ0v) is 10.6. The Balaban J connectivity index is 2.32. The molecular weight excluding hydrogens is 268 g/mol. The van der Waals surface area contributed by atoms with Gasteiger partial charge in [-0.15, -0.1) is 5.10 Å². The lowest BCUT2D eigenvalue weighted by Gasteiger charge is -2.06. The molecule has 2 N–H and O–H groups in total. The molecule has 0 aromatic carbocycles. The summed E-state index contributed by atoms with van der Waals surface area (Å²) in [5, 5.41) is 22.9. The van der Waals surface area contributed by atoms with Crippen molar-refractivity contribution < 1.29 is 14.1 Å². The summed E-state index contributed by atoms with van der Waals surface area (Å²) in [6.07, 6.45) is 1.06. The molecular formula is C10H10N6O4. The van der Waals surface area contributed by atoms with Gasteiger partial charge in [0.1, 0.15) is 12.0 Å². The van der Waals surface area contributed by atoms with Gasteiger partial charge in [-0.3, -0.25) is 20.2 Å². The number of aromatic nitrogens is 3. The van der Waals surface area contributed by atoms with Crippen LogP contribution in [0.4, 0.5) is 17.5 Å². The van der Waals surface area contributed by atoms with E-state index in [-0.39, 0.29) is 29.0 Å². The number of aryl methyl sites for hydroxylation is 1. The minimum Gasteiger partial charge on any atom is -0.408 e. The van der Waals surface area contributed by atoms with E-state index in [0.717, 1.165) is 12.3 Å². The SMILES string of the molecule is CNc1ncc([N+](=O)[O-])cc1C(=O)Nc1nnc(C)o1. The molecule has 2 heterocycles. The van der Waals surface area contributed by atoms with Crippen molar-refractivity contribution in [3.63, 3.8) is 0 Å². The van der Waals surface area contributed by atoms with Crippen LogP contribution in [0.3, 0.4) is 0 Å². The molecule has 10 heteroatoms. The van der Waals surface area contributed by atoms with E-state index in [1.165, 1.54) is 0 Å². The highest BCUT2D eigenvalue weighted by molar-refractivity contribution is 6.06. The number of rotatable bonds is 4. The number of nitro groups is 1. The first-order valence-corrected chi connectivity index (χ1v) is 5.45. The molecule has 0 saturated heterocycles. The monoisotopic (exact) mass is 278 g/mol. The quantitative estimate of drug-likeness (QED) is 0.623. The van der Waals surface area contributed by atoms with Gasteiger partial charge in [0.2, 0.25) is 5.89 Å². The van der Waals surface area contributed by atoms with Gasteiger partial charge in [-0.2, -0.15) is 0 Å². The molecule has 0 aliphatic heterocycles. The lowest BCUT2D eigenvalue weighted by atomic mass is 10.2. The number of nitrogens with one attached hydrogen (secondary N) is 2. The van der Waals surface area contributed by atoms with Crippen LogP contribution in [0, 0.1) is 17.0 Å². The Kier molecular flexibility index (Phi) is 3.55. The fourth-order valence-electron chi connectivity index (χ4n) is 1.44. The maximum absolute atomic E-state index is 12.0. The van der Waals surface area contributed by atoms with Crippen LogP contribution in [0.5, 0.6) is 0 Å². The van der Waals surface area contributed by atoms with Crippen LogP contribution >= 0.6 is 0 Å². The van der Waals surface area contributed by atoms with Crippen LogP contribution in [0.15, 0.2) is 16.7 Å². The molecule has 0 radical (unpaired) electrons. The Bertz CT molecular complexity index is 668. The molecule has 0 saturated carbocycles. The van der Waals surface area contributed by atoms with Gasteiger partial charge in [-0.1, -0.05) is 5.10 Å². The summed E-state index contributed by atoms with van der Waals surface area (Å²) >= 11 is 0. The average molecular weight is 278 g/mol. The molecule has 0 fully saturated rings. The van der Waals surface area contributed by atoms with Crippen molar-refractivity contribution in [1.29, 1.82) is 0 Å². The van der Waals surface area contributed by atoms with Crippen LogP contribution in [-0.4, -0.2) is 33.1 Å². The Hall–Kier alpha value is -3.04. The first-order chi connectivity index (χ1) is 9.51. The average Bonchev–Trinajstić information content (AvgIpc) is 2.83. The van der Waals surface area contributed by atoms with Crippen molar-refractivity contribution in [2.45, 2.75) is 6.92 Å². The number of hydrogen-bond donors (Lipinski definition) is 2. The molecule has 20 heavy (non-hydrogen) atoms. The Morgan fingerprint density at radius 1 is 1.45 bits per heavy atom. The summed E-state index contributed by atoms with van der Waals surface area (Å²) in [4.78, 5) is 25.9. The molecule has 2 aromatic rings. The second-order valence-electron chi connectivity index (χ2n) is 3.68. The van der Waals surface area contributed by atoms with E-state index in [9.17, 15) is 14.9 Å². The summed E-state index contributed by atoms with van der Waals surface area (Å²) in [6.45, 7) is 1.57. The number of pyridine rings is 1. The van der Waals surface area contributed by atoms with Crippen molar-refractivity contribution in [2.24, 2.45) is 0 Å². The van der Waals surface area contributed by atoms with Crippen LogP contribution in [0.25, 0.3) is 0 Å². The van der Waals surface area contributed by atoms with E-state index < -0.39 is 10.8 Å². The van der Waals surface area contributed by atoms with Crippen LogP contribution < -0.4 is 10.6 Å². The number of carbonyl (C=O) groups excluding carboxylic acids is 1. The molecule has 0 spiro atoms. The van der Waals surface area contributed by atoms with E-state index >= 15 is 0 Å². The molecule has 1 amide bonds. The third-order valence-corrected chi connectivity index (χ3v) is 2.31. The Morgan fingerprint density at radius 3 is 2.75 bits per heavy atom. The third-order valence-electron chi connectivity index (χ3n) is 2.31. The first-order valence-electron chi connectivity index (χ1n) is 5.45. The second-order valence-corrected chi connectivity index (χ2v) is 3.68. The summed E-state index contributed by atoms with van der Waals surface area (Å²) < 4.78 is 5.00. The summed E-state index contributed by atoms with van der Waals surface area (Å²) in [7, 11) is 1.54. The first kappa shape index (κ1) is 13.4. The van der Waals surface area contributed by atoms with Gasteiger partial charge in [-0.25, -0.2) is 4.98 Å².